The predicted octanol–water partition coefficient (Wildman–Crippen LogP) is 2.26. The van der Waals surface area contributed by atoms with Gasteiger partial charge in [-0.05, 0) is 23.8 Å². The fourth-order valence-corrected chi connectivity index (χ4v) is 1.59. The Morgan fingerprint density at radius 3 is 2.53 bits per heavy atom. The number of nitrogens with zero attached hydrogens (tertiary/aromatic N) is 2. The molecule has 0 aliphatic carbocycles. The van der Waals surface area contributed by atoms with Crippen LogP contribution in [-0.4, -0.2) is 9.97 Å². The Morgan fingerprint density at radius 2 is 1.93 bits per heavy atom. The minimum Gasteiger partial charge on any atom is -0.326 e. The van der Waals surface area contributed by atoms with Crippen LogP contribution in [0.2, 0.25) is 5.02 Å². The highest BCUT2D eigenvalue weighted by Gasteiger charge is 2.05. The van der Waals surface area contributed by atoms with Gasteiger partial charge in [-0.1, -0.05) is 17.7 Å². The Morgan fingerprint density at radius 1 is 1.20 bits per heavy atom. The molecule has 3 nitrogen and oxygen atoms in total. The standard InChI is InChI=1S/C11H10ClN3/c12-10-6-8(7-13)2-3-9(10)11-14-4-1-5-15-11/h1-6H,7,13H2. The van der Waals surface area contributed by atoms with E-state index in [1.807, 2.05) is 18.2 Å². The molecule has 0 spiro atoms. The molecule has 1 aromatic carbocycles. The van der Waals surface area contributed by atoms with Crippen LogP contribution < -0.4 is 5.73 Å². The van der Waals surface area contributed by atoms with E-state index in [4.69, 9.17) is 17.3 Å². The van der Waals surface area contributed by atoms with Gasteiger partial charge in [0.15, 0.2) is 5.82 Å². The quantitative estimate of drug-likeness (QED) is 0.843. The SMILES string of the molecule is NCc1ccc(-c2ncccn2)c(Cl)c1. The lowest BCUT2D eigenvalue weighted by atomic mass is 10.1. The van der Waals surface area contributed by atoms with Crippen LogP contribution >= 0.6 is 11.6 Å². The van der Waals surface area contributed by atoms with Gasteiger partial charge < -0.3 is 5.73 Å². The van der Waals surface area contributed by atoms with Gasteiger partial charge in [-0.3, -0.25) is 0 Å². The van der Waals surface area contributed by atoms with Crippen molar-refractivity contribution in [3.8, 4) is 11.4 Å². The molecule has 0 bridgehead atoms. The van der Waals surface area contributed by atoms with E-state index in [0.717, 1.165) is 11.1 Å². The molecule has 0 fully saturated rings. The number of halogens is 1. The molecule has 0 aliphatic heterocycles. The van der Waals surface area contributed by atoms with Gasteiger partial charge in [-0.15, -0.1) is 0 Å². The van der Waals surface area contributed by atoms with E-state index < -0.39 is 0 Å². The number of nitrogens with two attached hydrogens (primary N) is 1. The average molecular weight is 220 g/mol. The van der Waals surface area contributed by atoms with Gasteiger partial charge in [0.2, 0.25) is 0 Å². The zero-order valence-electron chi connectivity index (χ0n) is 8.02. The van der Waals surface area contributed by atoms with E-state index in [1.54, 1.807) is 18.5 Å². The first-order chi connectivity index (χ1) is 7.31. The van der Waals surface area contributed by atoms with E-state index in [9.17, 15) is 0 Å². The van der Waals surface area contributed by atoms with Crippen LogP contribution in [-0.2, 0) is 6.54 Å². The molecule has 1 heterocycles. The van der Waals surface area contributed by atoms with Gasteiger partial charge in [-0.2, -0.15) is 0 Å². The summed E-state index contributed by atoms with van der Waals surface area (Å²) in [5, 5.41) is 0.629. The number of rotatable bonds is 2. The van der Waals surface area contributed by atoms with Crippen molar-refractivity contribution in [2.75, 3.05) is 0 Å². The minimum absolute atomic E-state index is 0.482. The van der Waals surface area contributed by atoms with Crippen molar-refractivity contribution in [3.05, 3.63) is 47.2 Å². The molecule has 2 aromatic rings. The molecule has 1 aromatic heterocycles. The van der Waals surface area contributed by atoms with Gasteiger partial charge in [0.1, 0.15) is 0 Å². The van der Waals surface area contributed by atoms with Crippen LogP contribution in [0.3, 0.4) is 0 Å². The molecule has 2 rings (SSSR count). The lowest BCUT2D eigenvalue weighted by molar-refractivity contribution is 1.07. The number of aromatic nitrogens is 2. The molecule has 2 N–H and O–H groups in total. The summed E-state index contributed by atoms with van der Waals surface area (Å²) in [6.45, 7) is 0.482. The highest BCUT2D eigenvalue weighted by molar-refractivity contribution is 6.33. The topological polar surface area (TPSA) is 51.8 Å². The van der Waals surface area contributed by atoms with E-state index in [-0.39, 0.29) is 0 Å². The highest BCUT2D eigenvalue weighted by Crippen LogP contribution is 2.25. The third kappa shape index (κ3) is 2.14. The molecule has 0 radical (unpaired) electrons. The molecular formula is C11H10ClN3. The van der Waals surface area contributed by atoms with E-state index in [0.29, 0.717) is 17.4 Å². The molecule has 0 atom stereocenters. The third-order valence-electron chi connectivity index (χ3n) is 2.08. The molecule has 0 aliphatic rings. The summed E-state index contributed by atoms with van der Waals surface area (Å²) in [5.41, 5.74) is 7.35. The van der Waals surface area contributed by atoms with Crippen LogP contribution in [0.15, 0.2) is 36.7 Å². The Hall–Kier alpha value is -1.45. The zero-order valence-corrected chi connectivity index (χ0v) is 8.78. The second-order valence-electron chi connectivity index (χ2n) is 3.09. The Labute approximate surface area is 92.9 Å². The second kappa shape index (κ2) is 4.38. The maximum Gasteiger partial charge on any atom is 0.160 e. The van der Waals surface area contributed by atoms with Gasteiger partial charge in [0.25, 0.3) is 0 Å². The van der Waals surface area contributed by atoms with Crippen LogP contribution in [0, 0.1) is 0 Å². The molecule has 15 heavy (non-hydrogen) atoms. The van der Waals surface area contributed by atoms with Gasteiger partial charge in [0.05, 0.1) is 5.02 Å². The molecule has 0 unspecified atom stereocenters. The van der Waals surface area contributed by atoms with E-state index >= 15 is 0 Å². The maximum atomic E-state index is 6.11. The summed E-state index contributed by atoms with van der Waals surface area (Å²) in [6, 6.07) is 7.43. The molecule has 0 amide bonds. The largest absolute Gasteiger partial charge is 0.326 e. The van der Waals surface area contributed by atoms with Gasteiger partial charge in [-0.25, -0.2) is 9.97 Å². The van der Waals surface area contributed by atoms with Crippen molar-refractivity contribution in [3.63, 3.8) is 0 Å². The Kier molecular flexibility index (Phi) is 2.94. The third-order valence-corrected chi connectivity index (χ3v) is 2.39. The number of hydrogen-bond donors (Lipinski definition) is 1. The minimum atomic E-state index is 0.482. The van der Waals surface area contributed by atoms with Gasteiger partial charge >= 0.3 is 0 Å². The van der Waals surface area contributed by atoms with Crippen LogP contribution in [0.25, 0.3) is 11.4 Å². The molecule has 0 saturated heterocycles. The van der Waals surface area contributed by atoms with Crippen molar-refractivity contribution in [2.24, 2.45) is 5.73 Å². The summed E-state index contributed by atoms with van der Waals surface area (Å²) in [6.07, 6.45) is 3.38. The van der Waals surface area contributed by atoms with Crippen molar-refractivity contribution in [1.29, 1.82) is 0 Å². The summed E-state index contributed by atoms with van der Waals surface area (Å²) in [7, 11) is 0. The van der Waals surface area contributed by atoms with Crippen LogP contribution in [0.5, 0.6) is 0 Å². The molecule has 4 heteroatoms. The van der Waals surface area contributed by atoms with Crippen molar-refractivity contribution < 1.29 is 0 Å². The molecular weight excluding hydrogens is 210 g/mol. The fourth-order valence-electron chi connectivity index (χ4n) is 1.31. The second-order valence-corrected chi connectivity index (χ2v) is 3.50. The average Bonchev–Trinajstić information content (AvgIpc) is 2.30. The Bertz CT molecular complexity index is 457. The normalized spacial score (nSPS) is 10.3. The zero-order chi connectivity index (χ0) is 10.7. The Balaban J connectivity index is 2.46. The first-order valence-electron chi connectivity index (χ1n) is 4.57. The maximum absolute atomic E-state index is 6.11. The smallest absolute Gasteiger partial charge is 0.160 e. The monoisotopic (exact) mass is 219 g/mol. The van der Waals surface area contributed by atoms with E-state index in [2.05, 4.69) is 9.97 Å². The van der Waals surface area contributed by atoms with Crippen molar-refractivity contribution >= 4 is 11.6 Å². The number of benzene rings is 1. The highest BCUT2D eigenvalue weighted by atomic mass is 35.5. The molecule has 76 valence electrons. The van der Waals surface area contributed by atoms with Crippen molar-refractivity contribution in [2.45, 2.75) is 6.54 Å². The molecule has 0 saturated carbocycles. The summed E-state index contributed by atoms with van der Waals surface area (Å²) >= 11 is 6.11. The lowest BCUT2D eigenvalue weighted by Crippen LogP contribution is -1.96. The lowest BCUT2D eigenvalue weighted by Gasteiger charge is -2.04. The summed E-state index contributed by atoms with van der Waals surface area (Å²) in [5.74, 6) is 0.631. The number of hydrogen-bond acceptors (Lipinski definition) is 3. The first kappa shape index (κ1) is 10.1. The summed E-state index contributed by atoms with van der Waals surface area (Å²) < 4.78 is 0. The van der Waals surface area contributed by atoms with Crippen LogP contribution in [0.1, 0.15) is 5.56 Å². The van der Waals surface area contributed by atoms with Crippen molar-refractivity contribution in [1.82, 2.24) is 9.97 Å². The van der Waals surface area contributed by atoms with E-state index in [1.165, 1.54) is 0 Å². The predicted molar refractivity (Wildman–Crippen MR) is 60.4 cm³/mol. The fraction of sp³-hybridized carbons (Fsp3) is 0.0909. The van der Waals surface area contributed by atoms with Crippen LogP contribution in [0.4, 0.5) is 0 Å². The van der Waals surface area contributed by atoms with Gasteiger partial charge in [0, 0.05) is 24.5 Å². The summed E-state index contributed by atoms with van der Waals surface area (Å²) in [4.78, 5) is 8.28. The first-order valence-corrected chi connectivity index (χ1v) is 4.95.